The summed E-state index contributed by atoms with van der Waals surface area (Å²) >= 11 is 0. The molecule has 0 aliphatic rings. The predicted octanol–water partition coefficient (Wildman–Crippen LogP) is 1.31. The normalized spacial score (nSPS) is 12.7. The number of hydrogen-bond acceptors (Lipinski definition) is 1. The third-order valence-corrected chi connectivity index (χ3v) is 1.92. The number of ether oxygens (including phenoxy) is 1. The zero-order valence-electron chi connectivity index (χ0n) is 7.92. The summed E-state index contributed by atoms with van der Waals surface area (Å²) < 4.78 is 5.22. The van der Waals surface area contributed by atoms with Crippen LogP contribution in [0.3, 0.4) is 0 Å². The quantitative estimate of drug-likeness (QED) is 0.706. The van der Waals surface area contributed by atoms with Gasteiger partial charge in [0.05, 0.1) is 12.7 Å². The van der Waals surface area contributed by atoms with Crippen LogP contribution >= 0.6 is 0 Å². The van der Waals surface area contributed by atoms with E-state index in [2.05, 4.69) is 25.6 Å². The topological polar surface area (TPSA) is 36.9 Å². The van der Waals surface area contributed by atoms with Gasteiger partial charge in [0.1, 0.15) is 11.8 Å². The lowest BCUT2D eigenvalue weighted by Crippen LogP contribution is -2.51. The third kappa shape index (κ3) is 1.77. The SMILES string of the molecule is COc1ccc(C)cc1[C@@H](C)[NH3+]. The van der Waals surface area contributed by atoms with Gasteiger partial charge in [0.2, 0.25) is 0 Å². The first-order valence-electron chi connectivity index (χ1n) is 4.12. The second-order valence-electron chi connectivity index (χ2n) is 3.15. The van der Waals surface area contributed by atoms with Gasteiger partial charge in [-0.05, 0) is 26.0 Å². The van der Waals surface area contributed by atoms with E-state index in [0.717, 1.165) is 5.75 Å². The monoisotopic (exact) mass is 166 g/mol. The Kier molecular flexibility index (Phi) is 2.71. The summed E-state index contributed by atoms with van der Waals surface area (Å²) in [4.78, 5) is 0. The Bertz CT molecular complexity index is 269. The molecule has 0 aliphatic heterocycles. The highest BCUT2D eigenvalue weighted by Gasteiger charge is 2.09. The van der Waals surface area contributed by atoms with Crippen molar-refractivity contribution in [3.8, 4) is 5.75 Å². The van der Waals surface area contributed by atoms with Gasteiger partial charge in [0, 0.05) is 0 Å². The fourth-order valence-electron chi connectivity index (χ4n) is 1.24. The second-order valence-corrected chi connectivity index (χ2v) is 3.15. The van der Waals surface area contributed by atoms with E-state index < -0.39 is 0 Å². The smallest absolute Gasteiger partial charge is 0.128 e. The Balaban J connectivity index is 3.12. The molecule has 3 N–H and O–H groups in total. The van der Waals surface area contributed by atoms with E-state index in [1.807, 2.05) is 12.1 Å². The third-order valence-electron chi connectivity index (χ3n) is 1.92. The first-order valence-corrected chi connectivity index (χ1v) is 4.12. The zero-order valence-corrected chi connectivity index (χ0v) is 7.92. The maximum atomic E-state index is 5.22. The van der Waals surface area contributed by atoms with Gasteiger partial charge in [-0.15, -0.1) is 0 Å². The van der Waals surface area contributed by atoms with Gasteiger partial charge in [-0.3, -0.25) is 0 Å². The van der Waals surface area contributed by atoms with E-state index in [-0.39, 0.29) is 6.04 Å². The van der Waals surface area contributed by atoms with Crippen molar-refractivity contribution in [1.29, 1.82) is 0 Å². The second kappa shape index (κ2) is 3.59. The fourth-order valence-corrected chi connectivity index (χ4v) is 1.24. The molecule has 1 rings (SSSR count). The minimum atomic E-state index is 0.278. The maximum Gasteiger partial charge on any atom is 0.128 e. The largest absolute Gasteiger partial charge is 0.496 e. The van der Waals surface area contributed by atoms with Crippen LogP contribution in [0.15, 0.2) is 18.2 Å². The van der Waals surface area contributed by atoms with Crippen LogP contribution in [0.1, 0.15) is 24.1 Å². The van der Waals surface area contributed by atoms with Crippen molar-refractivity contribution >= 4 is 0 Å². The molecule has 2 heteroatoms. The zero-order chi connectivity index (χ0) is 9.14. The summed E-state index contributed by atoms with van der Waals surface area (Å²) in [5.41, 5.74) is 6.41. The standard InChI is InChI=1S/C10H15NO/c1-7-4-5-10(12-3)9(6-7)8(2)11/h4-6,8H,11H2,1-3H3/p+1/t8-/m1/s1. The molecule has 0 radical (unpaired) electrons. The van der Waals surface area contributed by atoms with E-state index in [9.17, 15) is 0 Å². The van der Waals surface area contributed by atoms with Crippen molar-refractivity contribution in [2.75, 3.05) is 7.11 Å². The Morgan fingerprint density at radius 1 is 1.42 bits per heavy atom. The molecule has 1 aromatic rings. The Morgan fingerprint density at radius 2 is 2.08 bits per heavy atom. The Morgan fingerprint density at radius 3 is 2.58 bits per heavy atom. The molecule has 1 aromatic carbocycles. The molecule has 0 aromatic heterocycles. The van der Waals surface area contributed by atoms with Crippen molar-refractivity contribution < 1.29 is 10.5 Å². The maximum absolute atomic E-state index is 5.22. The molecule has 0 aliphatic carbocycles. The minimum Gasteiger partial charge on any atom is -0.496 e. The molecule has 0 unspecified atom stereocenters. The lowest BCUT2D eigenvalue weighted by molar-refractivity contribution is -0.420. The lowest BCUT2D eigenvalue weighted by Gasteiger charge is -2.09. The van der Waals surface area contributed by atoms with Gasteiger partial charge < -0.3 is 10.5 Å². The van der Waals surface area contributed by atoms with Crippen molar-refractivity contribution in [3.63, 3.8) is 0 Å². The van der Waals surface area contributed by atoms with Crippen molar-refractivity contribution in [2.45, 2.75) is 19.9 Å². The summed E-state index contributed by atoms with van der Waals surface area (Å²) in [5.74, 6) is 0.933. The first-order chi connectivity index (χ1) is 5.65. The number of aryl methyl sites for hydroxylation is 1. The van der Waals surface area contributed by atoms with E-state index >= 15 is 0 Å². The Hall–Kier alpha value is -1.02. The molecule has 0 saturated carbocycles. The molecule has 2 nitrogen and oxygen atoms in total. The molecule has 66 valence electrons. The van der Waals surface area contributed by atoms with Crippen LogP contribution in [-0.2, 0) is 0 Å². The average Bonchev–Trinajstić information content (AvgIpc) is 2.04. The van der Waals surface area contributed by atoms with Gasteiger partial charge in [0.25, 0.3) is 0 Å². The van der Waals surface area contributed by atoms with Crippen LogP contribution < -0.4 is 10.5 Å². The molecule has 0 saturated heterocycles. The van der Waals surface area contributed by atoms with Crippen LogP contribution in [0, 0.1) is 6.92 Å². The predicted molar refractivity (Wildman–Crippen MR) is 49.0 cm³/mol. The van der Waals surface area contributed by atoms with Gasteiger partial charge in [0.15, 0.2) is 0 Å². The molecular formula is C10H16NO+. The summed E-state index contributed by atoms with van der Waals surface area (Å²) in [5, 5.41) is 0. The van der Waals surface area contributed by atoms with Crippen molar-refractivity contribution in [2.24, 2.45) is 0 Å². The van der Waals surface area contributed by atoms with Crippen LogP contribution in [0.4, 0.5) is 0 Å². The molecule has 1 atom stereocenters. The van der Waals surface area contributed by atoms with E-state index in [1.54, 1.807) is 7.11 Å². The molecule has 0 bridgehead atoms. The molecule has 0 spiro atoms. The summed E-state index contributed by atoms with van der Waals surface area (Å²) in [6.07, 6.45) is 0. The number of rotatable bonds is 2. The highest BCUT2D eigenvalue weighted by atomic mass is 16.5. The van der Waals surface area contributed by atoms with Gasteiger partial charge >= 0.3 is 0 Å². The minimum absolute atomic E-state index is 0.278. The van der Waals surface area contributed by atoms with E-state index in [4.69, 9.17) is 4.74 Å². The molecule has 0 amide bonds. The highest BCUT2D eigenvalue weighted by Crippen LogP contribution is 2.23. The van der Waals surface area contributed by atoms with Crippen molar-refractivity contribution in [3.05, 3.63) is 29.3 Å². The Labute approximate surface area is 73.3 Å². The fraction of sp³-hybridized carbons (Fsp3) is 0.400. The number of quaternary nitrogens is 1. The van der Waals surface area contributed by atoms with Crippen LogP contribution in [0.25, 0.3) is 0 Å². The molecular weight excluding hydrogens is 150 g/mol. The van der Waals surface area contributed by atoms with E-state index in [1.165, 1.54) is 11.1 Å². The van der Waals surface area contributed by atoms with Crippen LogP contribution in [0.2, 0.25) is 0 Å². The number of hydrogen-bond donors (Lipinski definition) is 1. The molecule has 0 heterocycles. The van der Waals surface area contributed by atoms with Crippen molar-refractivity contribution in [1.82, 2.24) is 0 Å². The van der Waals surface area contributed by atoms with Gasteiger partial charge in [-0.1, -0.05) is 11.6 Å². The van der Waals surface area contributed by atoms with Crippen LogP contribution in [0.5, 0.6) is 5.75 Å². The van der Waals surface area contributed by atoms with Crippen LogP contribution in [-0.4, -0.2) is 7.11 Å². The number of methoxy groups -OCH3 is 1. The van der Waals surface area contributed by atoms with E-state index in [0.29, 0.717) is 0 Å². The molecule has 0 fully saturated rings. The van der Waals surface area contributed by atoms with Gasteiger partial charge in [-0.2, -0.15) is 0 Å². The summed E-state index contributed by atoms with van der Waals surface area (Å²) in [6.45, 7) is 4.14. The summed E-state index contributed by atoms with van der Waals surface area (Å²) in [7, 11) is 1.69. The van der Waals surface area contributed by atoms with Gasteiger partial charge in [-0.25, -0.2) is 0 Å². The lowest BCUT2D eigenvalue weighted by atomic mass is 10.1. The summed E-state index contributed by atoms with van der Waals surface area (Å²) in [6, 6.07) is 6.44. The average molecular weight is 166 g/mol. The molecule has 12 heavy (non-hydrogen) atoms. The highest BCUT2D eigenvalue weighted by molar-refractivity contribution is 5.37. The number of benzene rings is 1. The first kappa shape index (κ1) is 9.07.